The average Bonchev–Trinajstić information content (AvgIpc) is 3.41. The van der Waals surface area contributed by atoms with E-state index < -0.39 is 15.9 Å². The Bertz CT molecular complexity index is 1380. The quantitative estimate of drug-likeness (QED) is 0.290. The number of nitrogens with zero attached hydrogens (tertiary/aromatic N) is 1. The Labute approximate surface area is 234 Å². The predicted octanol–water partition coefficient (Wildman–Crippen LogP) is 6.44. The van der Waals surface area contributed by atoms with Gasteiger partial charge in [-0.25, -0.2) is 8.42 Å². The highest BCUT2D eigenvalue weighted by Gasteiger charge is 2.26. The van der Waals surface area contributed by atoms with Gasteiger partial charge in [-0.2, -0.15) is 0 Å². The minimum Gasteiger partial charge on any atom is -0.456 e. The van der Waals surface area contributed by atoms with Crippen molar-refractivity contribution in [1.82, 2.24) is 10.2 Å². The Balaban J connectivity index is 1.48. The number of sulfonamides is 1. The van der Waals surface area contributed by atoms with Crippen molar-refractivity contribution in [3.05, 3.63) is 82.3 Å². The van der Waals surface area contributed by atoms with E-state index in [1.54, 1.807) is 24.3 Å². The van der Waals surface area contributed by atoms with E-state index in [2.05, 4.69) is 28.8 Å². The van der Waals surface area contributed by atoms with E-state index in [9.17, 15) is 13.2 Å². The normalized spacial score (nSPS) is 14.9. The molecule has 0 spiro atoms. The highest BCUT2D eigenvalue weighted by atomic mass is 35.5. The molecule has 2 N–H and O–H groups in total. The zero-order valence-corrected chi connectivity index (χ0v) is 23.6. The Morgan fingerprint density at radius 2 is 1.68 bits per heavy atom. The third kappa shape index (κ3) is 6.99. The summed E-state index contributed by atoms with van der Waals surface area (Å²) in [6.07, 6.45) is 2.31. The average molecular weight is 577 g/mol. The first-order valence-corrected chi connectivity index (χ1v) is 14.7. The van der Waals surface area contributed by atoms with Crippen LogP contribution in [0.2, 0.25) is 10.0 Å². The van der Waals surface area contributed by atoms with Crippen LogP contribution in [0.15, 0.2) is 71.6 Å². The predicted molar refractivity (Wildman–Crippen MR) is 152 cm³/mol. The molecule has 0 radical (unpaired) electrons. The minimum absolute atomic E-state index is 0.0132. The first-order chi connectivity index (χ1) is 18.1. The monoisotopic (exact) mass is 575 g/mol. The van der Waals surface area contributed by atoms with Crippen molar-refractivity contribution in [2.24, 2.45) is 5.92 Å². The molecule has 0 aromatic heterocycles. The number of amides is 1. The number of benzene rings is 3. The van der Waals surface area contributed by atoms with Gasteiger partial charge in [-0.3, -0.25) is 14.4 Å². The van der Waals surface area contributed by atoms with Crippen molar-refractivity contribution in [3.8, 4) is 11.5 Å². The van der Waals surface area contributed by atoms with Gasteiger partial charge in [0.05, 0.1) is 21.2 Å². The molecule has 1 aliphatic rings. The number of carbonyl (C=O) groups is 1. The van der Waals surface area contributed by atoms with Crippen molar-refractivity contribution < 1.29 is 17.9 Å². The third-order valence-electron chi connectivity index (χ3n) is 6.52. The highest BCUT2D eigenvalue weighted by Crippen LogP contribution is 2.30. The Morgan fingerprint density at radius 3 is 2.34 bits per heavy atom. The molecular weight excluding hydrogens is 545 g/mol. The molecule has 0 bridgehead atoms. The lowest BCUT2D eigenvalue weighted by Crippen LogP contribution is -2.45. The van der Waals surface area contributed by atoms with Crippen LogP contribution in [0, 0.1) is 5.92 Å². The molecule has 1 fully saturated rings. The van der Waals surface area contributed by atoms with Gasteiger partial charge in [-0.1, -0.05) is 49.2 Å². The van der Waals surface area contributed by atoms with E-state index in [1.807, 2.05) is 0 Å². The highest BCUT2D eigenvalue weighted by molar-refractivity contribution is 7.92. The third-order valence-corrected chi connectivity index (χ3v) is 8.45. The van der Waals surface area contributed by atoms with Gasteiger partial charge in [0, 0.05) is 17.6 Å². The van der Waals surface area contributed by atoms with Crippen molar-refractivity contribution in [3.63, 3.8) is 0 Å². The molecule has 0 saturated carbocycles. The van der Waals surface area contributed by atoms with Gasteiger partial charge in [0.25, 0.3) is 15.9 Å². The second-order valence-corrected chi connectivity index (χ2v) is 12.1. The largest absolute Gasteiger partial charge is 0.456 e. The second kappa shape index (κ2) is 12.4. The zero-order valence-electron chi connectivity index (χ0n) is 21.3. The van der Waals surface area contributed by atoms with E-state index in [0.717, 1.165) is 25.9 Å². The van der Waals surface area contributed by atoms with Gasteiger partial charge < -0.3 is 10.1 Å². The summed E-state index contributed by atoms with van der Waals surface area (Å²) in [6, 6.07) is 17.6. The molecule has 1 aliphatic heterocycles. The molecule has 202 valence electrons. The van der Waals surface area contributed by atoms with Crippen LogP contribution in [-0.2, 0) is 10.0 Å². The summed E-state index contributed by atoms with van der Waals surface area (Å²) in [4.78, 5) is 15.6. The van der Waals surface area contributed by atoms with Gasteiger partial charge in [0.1, 0.15) is 11.5 Å². The fourth-order valence-electron chi connectivity index (χ4n) is 4.49. The van der Waals surface area contributed by atoms with Crippen molar-refractivity contribution in [1.29, 1.82) is 0 Å². The number of anilines is 1. The molecule has 3 aromatic carbocycles. The molecule has 0 aliphatic carbocycles. The summed E-state index contributed by atoms with van der Waals surface area (Å²) in [5.41, 5.74) is 0.300. The lowest BCUT2D eigenvalue weighted by molar-refractivity contribution is 0.0928. The fraction of sp³-hybridized carbons (Fsp3) is 0.321. The van der Waals surface area contributed by atoms with Crippen molar-refractivity contribution in [2.75, 3.05) is 24.4 Å². The molecule has 0 unspecified atom stereocenters. The maximum atomic E-state index is 13.2. The summed E-state index contributed by atoms with van der Waals surface area (Å²) in [5.74, 6) is 0.861. The number of hydrogen-bond acceptors (Lipinski definition) is 5. The van der Waals surface area contributed by atoms with E-state index in [0.29, 0.717) is 34.0 Å². The lowest BCUT2D eigenvalue weighted by atomic mass is 10.0. The van der Waals surface area contributed by atoms with Crippen LogP contribution in [0.25, 0.3) is 0 Å². The molecule has 7 nitrogen and oxygen atoms in total. The van der Waals surface area contributed by atoms with Crippen LogP contribution in [0.5, 0.6) is 11.5 Å². The van der Waals surface area contributed by atoms with Crippen LogP contribution in [0.1, 0.15) is 37.0 Å². The topological polar surface area (TPSA) is 87.7 Å². The van der Waals surface area contributed by atoms with Gasteiger partial charge in [0.15, 0.2) is 0 Å². The summed E-state index contributed by atoms with van der Waals surface area (Å²) in [6.45, 7) is 6.77. The molecule has 1 saturated heterocycles. The van der Waals surface area contributed by atoms with Crippen LogP contribution in [0.4, 0.5) is 5.69 Å². The van der Waals surface area contributed by atoms with Gasteiger partial charge in [-0.05, 0) is 86.4 Å². The van der Waals surface area contributed by atoms with Gasteiger partial charge in [0.2, 0.25) is 0 Å². The summed E-state index contributed by atoms with van der Waals surface area (Å²) in [7, 11) is -4.00. The number of likely N-dealkylation sites (tertiary alicyclic amines) is 1. The van der Waals surface area contributed by atoms with Gasteiger partial charge in [-0.15, -0.1) is 0 Å². The number of rotatable bonds is 10. The molecule has 1 amide bonds. The first-order valence-electron chi connectivity index (χ1n) is 12.5. The number of carbonyl (C=O) groups excluding carboxylic acids is 1. The lowest BCUT2D eigenvalue weighted by Gasteiger charge is -2.31. The van der Waals surface area contributed by atoms with E-state index in [4.69, 9.17) is 27.9 Å². The SMILES string of the molecule is CC(C)[C@H](CNC(=O)c1cc(Cl)ccc1NS(=O)(=O)c1ccc(Oc2ccccc2Cl)cc1)N1CCCC1. The van der Waals surface area contributed by atoms with Gasteiger partial charge >= 0.3 is 0 Å². The Kier molecular flexibility index (Phi) is 9.20. The van der Waals surface area contributed by atoms with E-state index in [-0.39, 0.29) is 22.2 Å². The van der Waals surface area contributed by atoms with Crippen LogP contribution >= 0.6 is 23.2 Å². The van der Waals surface area contributed by atoms with Crippen molar-refractivity contribution in [2.45, 2.75) is 37.6 Å². The van der Waals surface area contributed by atoms with Crippen molar-refractivity contribution >= 4 is 44.8 Å². The Morgan fingerprint density at radius 1 is 1.00 bits per heavy atom. The first kappa shape index (κ1) is 28.2. The summed E-state index contributed by atoms with van der Waals surface area (Å²) < 4.78 is 34.6. The number of hydrogen-bond donors (Lipinski definition) is 2. The fourth-order valence-corrected chi connectivity index (χ4v) is 5.92. The second-order valence-electron chi connectivity index (χ2n) is 9.56. The zero-order chi connectivity index (χ0) is 27.3. The number of ether oxygens (including phenoxy) is 1. The van der Waals surface area contributed by atoms with E-state index >= 15 is 0 Å². The summed E-state index contributed by atoms with van der Waals surface area (Å²) >= 11 is 12.3. The molecular formula is C28H31Cl2N3O4S. The number of halogens is 2. The molecule has 1 atom stereocenters. The smallest absolute Gasteiger partial charge is 0.261 e. The molecule has 10 heteroatoms. The summed E-state index contributed by atoms with van der Waals surface area (Å²) in [5, 5.41) is 3.76. The van der Waals surface area contributed by atoms with Crippen LogP contribution < -0.4 is 14.8 Å². The maximum Gasteiger partial charge on any atom is 0.261 e. The van der Waals surface area contributed by atoms with Crippen LogP contribution in [0.3, 0.4) is 0 Å². The number of para-hydroxylation sites is 1. The standard InChI is InChI=1S/C28H31Cl2N3O4S/c1-19(2)26(33-15-5-6-16-33)18-31-28(34)23-17-20(29)9-14-25(23)32-38(35,36)22-12-10-21(11-13-22)37-27-8-4-3-7-24(27)30/h3-4,7-14,17,19,26,32H,5-6,15-16,18H2,1-2H3,(H,31,34)/t26-/m0/s1. The molecule has 1 heterocycles. The van der Waals surface area contributed by atoms with E-state index in [1.165, 1.54) is 42.5 Å². The molecule has 38 heavy (non-hydrogen) atoms. The molecule has 4 rings (SSSR count). The Hall–Kier alpha value is -2.78. The maximum absolute atomic E-state index is 13.2. The van der Waals surface area contributed by atoms with Crippen LogP contribution in [-0.4, -0.2) is 44.9 Å². The minimum atomic E-state index is -4.00. The molecule has 3 aromatic rings. The number of nitrogens with one attached hydrogen (secondary N) is 2.